The van der Waals surface area contributed by atoms with Crippen LogP contribution in [0.2, 0.25) is 0 Å². The molecule has 1 aromatic heterocycles. The predicted molar refractivity (Wildman–Crippen MR) is 65.0 cm³/mol. The number of rotatable bonds is 1. The highest BCUT2D eigenvalue weighted by Gasteiger charge is 2.47. The number of hydrogen-bond acceptors (Lipinski definition) is 3. The molecule has 0 spiro atoms. The van der Waals surface area contributed by atoms with E-state index in [0.717, 1.165) is 42.6 Å². The first-order valence-electron chi connectivity index (χ1n) is 5.75. The van der Waals surface area contributed by atoms with Crippen molar-refractivity contribution in [3.63, 3.8) is 0 Å². The maximum absolute atomic E-state index is 10.8. The molecule has 16 heavy (non-hydrogen) atoms. The minimum Gasteiger partial charge on any atom is -0.382 e. The molecule has 3 fully saturated rings. The van der Waals surface area contributed by atoms with E-state index in [-0.39, 0.29) is 0 Å². The Balaban J connectivity index is 1.95. The van der Waals surface area contributed by atoms with Crippen molar-refractivity contribution in [2.75, 3.05) is 19.6 Å². The molecule has 0 amide bonds. The standard InChI is InChI=1S/C12H15BrN2O/c13-10-1-2-11(14-7-10)12(16)8-15-5-3-9(12)4-6-15/h1-2,7,9,16H,3-6,8H2. The van der Waals surface area contributed by atoms with Gasteiger partial charge in [-0.1, -0.05) is 0 Å². The maximum Gasteiger partial charge on any atom is 0.122 e. The molecule has 1 N–H and O–H groups in total. The van der Waals surface area contributed by atoms with Crippen molar-refractivity contribution in [1.82, 2.24) is 9.88 Å². The van der Waals surface area contributed by atoms with Crippen LogP contribution >= 0.6 is 15.9 Å². The molecule has 4 heteroatoms. The summed E-state index contributed by atoms with van der Waals surface area (Å²) in [6, 6.07) is 3.89. The van der Waals surface area contributed by atoms with Crippen LogP contribution in [0.1, 0.15) is 18.5 Å². The average Bonchev–Trinajstić information content (AvgIpc) is 2.31. The van der Waals surface area contributed by atoms with Crippen LogP contribution in [0.3, 0.4) is 0 Å². The summed E-state index contributed by atoms with van der Waals surface area (Å²) < 4.78 is 0.959. The van der Waals surface area contributed by atoms with E-state index in [1.165, 1.54) is 0 Å². The summed E-state index contributed by atoms with van der Waals surface area (Å²) in [6.07, 6.45) is 3.95. The van der Waals surface area contributed by atoms with Crippen molar-refractivity contribution in [2.45, 2.75) is 18.4 Å². The average molecular weight is 283 g/mol. The largest absolute Gasteiger partial charge is 0.382 e. The zero-order valence-electron chi connectivity index (χ0n) is 9.06. The molecule has 4 heterocycles. The number of nitrogens with zero attached hydrogens (tertiary/aromatic N) is 2. The van der Waals surface area contributed by atoms with Crippen molar-refractivity contribution in [3.8, 4) is 0 Å². The lowest BCUT2D eigenvalue weighted by Crippen LogP contribution is -2.57. The zero-order chi connectivity index (χ0) is 11.2. The van der Waals surface area contributed by atoms with Gasteiger partial charge in [-0.3, -0.25) is 4.98 Å². The second kappa shape index (κ2) is 3.79. The van der Waals surface area contributed by atoms with Gasteiger partial charge in [-0.05, 0) is 59.9 Å². The first-order chi connectivity index (χ1) is 7.68. The lowest BCUT2D eigenvalue weighted by Gasteiger charge is -2.50. The number of fused-ring (bicyclic) bond motifs is 3. The van der Waals surface area contributed by atoms with E-state index in [2.05, 4.69) is 25.8 Å². The topological polar surface area (TPSA) is 36.4 Å². The van der Waals surface area contributed by atoms with E-state index in [1.807, 2.05) is 12.1 Å². The molecular weight excluding hydrogens is 268 g/mol. The second-order valence-electron chi connectivity index (χ2n) is 4.84. The van der Waals surface area contributed by atoms with Crippen LogP contribution in [0.4, 0.5) is 0 Å². The minimum absolute atomic E-state index is 0.381. The second-order valence-corrected chi connectivity index (χ2v) is 5.75. The molecule has 3 aliphatic heterocycles. The molecule has 0 aliphatic carbocycles. The number of piperidine rings is 3. The van der Waals surface area contributed by atoms with Gasteiger partial charge >= 0.3 is 0 Å². The summed E-state index contributed by atoms with van der Waals surface area (Å²) in [6.45, 7) is 3.00. The molecule has 3 aliphatic rings. The molecule has 86 valence electrons. The molecule has 1 atom stereocenters. The third-order valence-electron chi connectivity index (χ3n) is 3.90. The van der Waals surface area contributed by atoms with Crippen LogP contribution in [-0.4, -0.2) is 34.6 Å². The lowest BCUT2D eigenvalue weighted by molar-refractivity contribution is -0.120. The number of hydrogen-bond donors (Lipinski definition) is 1. The van der Waals surface area contributed by atoms with Crippen LogP contribution in [0.15, 0.2) is 22.8 Å². The predicted octanol–water partition coefficient (Wildman–Crippen LogP) is 1.76. The van der Waals surface area contributed by atoms with Crippen molar-refractivity contribution >= 4 is 15.9 Å². The molecule has 3 saturated heterocycles. The Labute approximate surface area is 104 Å². The molecule has 2 bridgehead atoms. The van der Waals surface area contributed by atoms with Crippen molar-refractivity contribution < 1.29 is 5.11 Å². The first-order valence-corrected chi connectivity index (χ1v) is 6.54. The highest BCUT2D eigenvalue weighted by molar-refractivity contribution is 9.10. The minimum atomic E-state index is -0.725. The number of aliphatic hydroxyl groups is 1. The van der Waals surface area contributed by atoms with Gasteiger partial charge in [-0.2, -0.15) is 0 Å². The van der Waals surface area contributed by atoms with Gasteiger partial charge in [0.25, 0.3) is 0 Å². The summed E-state index contributed by atoms with van der Waals surface area (Å²) in [7, 11) is 0. The van der Waals surface area contributed by atoms with E-state index in [9.17, 15) is 5.11 Å². The number of pyridine rings is 1. The van der Waals surface area contributed by atoms with Crippen LogP contribution in [0.5, 0.6) is 0 Å². The van der Waals surface area contributed by atoms with Gasteiger partial charge in [0.1, 0.15) is 5.60 Å². The SMILES string of the molecule is OC1(c2ccc(Br)cn2)CN2CCC1CC2. The fourth-order valence-corrected chi connectivity index (χ4v) is 3.20. The summed E-state index contributed by atoms with van der Waals surface area (Å²) in [5, 5.41) is 10.8. The van der Waals surface area contributed by atoms with E-state index >= 15 is 0 Å². The molecular formula is C12H15BrN2O. The fraction of sp³-hybridized carbons (Fsp3) is 0.583. The Morgan fingerprint density at radius 3 is 2.62 bits per heavy atom. The van der Waals surface area contributed by atoms with Gasteiger partial charge in [0.15, 0.2) is 0 Å². The third kappa shape index (κ3) is 1.60. The summed E-state index contributed by atoms with van der Waals surface area (Å²) in [4.78, 5) is 6.71. The Morgan fingerprint density at radius 2 is 2.12 bits per heavy atom. The Morgan fingerprint density at radius 1 is 1.38 bits per heavy atom. The molecule has 1 unspecified atom stereocenters. The van der Waals surface area contributed by atoms with Gasteiger partial charge in [0, 0.05) is 17.2 Å². The molecule has 3 nitrogen and oxygen atoms in total. The van der Waals surface area contributed by atoms with Crippen molar-refractivity contribution in [3.05, 3.63) is 28.5 Å². The van der Waals surface area contributed by atoms with Gasteiger partial charge in [-0.15, -0.1) is 0 Å². The monoisotopic (exact) mass is 282 g/mol. The normalized spacial score (nSPS) is 37.6. The highest BCUT2D eigenvalue weighted by Crippen LogP contribution is 2.41. The fourth-order valence-electron chi connectivity index (χ4n) is 2.96. The Bertz CT molecular complexity index is 387. The molecule has 1 aromatic rings. The van der Waals surface area contributed by atoms with Crippen LogP contribution in [-0.2, 0) is 5.60 Å². The third-order valence-corrected chi connectivity index (χ3v) is 4.37. The maximum atomic E-state index is 10.8. The summed E-state index contributed by atoms with van der Waals surface area (Å²) in [5.41, 5.74) is 0.0992. The van der Waals surface area contributed by atoms with E-state index in [1.54, 1.807) is 6.20 Å². The Kier molecular flexibility index (Phi) is 2.53. The first kappa shape index (κ1) is 10.7. The van der Waals surface area contributed by atoms with Gasteiger partial charge in [0.2, 0.25) is 0 Å². The van der Waals surface area contributed by atoms with Gasteiger partial charge in [-0.25, -0.2) is 0 Å². The Hall–Kier alpha value is -0.450. The van der Waals surface area contributed by atoms with Crippen LogP contribution < -0.4 is 0 Å². The molecule has 4 rings (SSSR count). The van der Waals surface area contributed by atoms with Crippen LogP contribution in [0.25, 0.3) is 0 Å². The van der Waals surface area contributed by atoms with Crippen molar-refractivity contribution in [1.29, 1.82) is 0 Å². The van der Waals surface area contributed by atoms with Gasteiger partial charge < -0.3 is 10.0 Å². The van der Waals surface area contributed by atoms with Crippen molar-refractivity contribution in [2.24, 2.45) is 5.92 Å². The molecule has 0 radical (unpaired) electrons. The van der Waals surface area contributed by atoms with E-state index in [0.29, 0.717) is 5.92 Å². The quantitative estimate of drug-likeness (QED) is 0.853. The van der Waals surface area contributed by atoms with Gasteiger partial charge in [0.05, 0.1) is 5.69 Å². The summed E-state index contributed by atoms with van der Waals surface area (Å²) in [5.74, 6) is 0.381. The van der Waals surface area contributed by atoms with E-state index < -0.39 is 5.60 Å². The molecule has 0 aromatic carbocycles. The summed E-state index contributed by atoms with van der Waals surface area (Å²) >= 11 is 3.37. The number of halogens is 1. The van der Waals surface area contributed by atoms with E-state index in [4.69, 9.17) is 0 Å². The zero-order valence-corrected chi connectivity index (χ0v) is 10.7. The molecule has 0 saturated carbocycles. The lowest BCUT2D eigenvalue weighted by atomic mass is 9.73. The highest BCUT2D eigenvalue weighted by atomic mass is 79.9. The number of aromatic nitrogens is 1. The smallest absolute Gasteiger partial charge is 0.122 e. The van der Waals surface area contributed by atoms with Crippen LogP contribution in [0, 0.1) is 5.92 Å².